The van der Waals surface area contributed by atoms with Gasteiger partial charge in [0.2, 0.25) is 0 Å². The average molecular weight is 233 g/mol. The van der Waals surface area contributed by atoms with Crippen molar-refractivity contribution in [3.05, 3.63) is 42.1 Å². The minimum Gasteiger partial charge on any atom is -0.469 e. The lowest BCUT2D eigenvalue weighted by molar-refractivity contribution is 0.0939. The summed E-state index contributed by atoms with van der Waals surface area (Å²) in [6.07, 6.45) is 5.55. The summed E-state index contributed by atoms with van der Waals surface area (Å²) in [7, 11) is 1.78. The third kappa shape index (κ3) is 2.96. The van der Waals surface area contributed by atoms with Crippen LogP contribution in [0.5, 0.6) is 0 Å². The van der Waals surface area contributed by atoms with Gasteiger partial charge in [-0.2, -0.15) is 5.10 Å². The van der Waals surface area contributed by atoms with Crippen molar-refractivity contribution in [3.63, 3.8) is 0 Å². The van der Waals surface area contributed by atoms with E-state index in [1.807, 2.05) is 19.1 Å². The normalized spacial score (nSPS) is 12.4. The number of nitrogens with zero attached hydrogens (tertiary/aromatic N) is 2. The molecule has 0 saturated heterocycles. The minimum absolute atomic E-state index is 0.0221. The van der Waals surface area contributed by atoms with Crippen LogP contribution in [-0.4, -0.2) is 21.7 Å². The number of furan rings is 1. The molecule has 90 valence electrons. The summed E-state index contributed by atoms with van der Waals surface area (Å²) in [6, 6.07) is 3.76. The summed E-state index contributed by atoms with van der Waals surface area (Å²) in [5.74, 6) is 0.751. The second-order valence-corrected chi connectivity index (χ2v) is 4.06. The molecule has 0 spiro atoms. The Kier molecular flexibility index (Phi) is 3.27. The molecule has 2 heterocycles. The summed E-state index contributed by atoms with van der Waals surface area (Å²) in [6.45, 7) is 1.94. The Bertz CT molecular complexity index is 488. The first-order chi connectivity index (χ1) is 8.15. The second-order valence-electron chi connectivity index (χ2n) is 4.06. The van der Waals surface area contributed by atoms with Gasteiger partial charge in [-0.05, 0) is 19.1 Å². The molecule has 0 radical (unpaired) electrons. The van der Waals surface area contributed by atoms with E-state index in [1.54, 1.807) is 30.4 Å². The largest absolute Gasteiger partial charge is 0.469 e. The molecule has 1 N–H and O–H groups in total. The number of hydrogen-bond acceptors (Lipinski definition) is 3. The number of amides is 1. The number of aryl methyl sites for hydroxylation is 1. The predicted octanol–water partition coefficient (Wildman–Crippen LogP) is 1.37. The van der Waals surface area contributed by atoms with Gasteiger partial charge in [0.15, 0.2) is 0 Å². The summed E-state index contributed by atoms with van der Waals surface area (Å²) >= 11 is 0. The van der Waals surface area contributed by atoms with Gasteiger partial charge in [0.25, 0.3) is 5.91 Å². The molecule has 1 atom stereocenters. The monoisotopic (exact) mass is 233 g/mol. The van der Waals surface area contributed by atoms with Gasteiger partial charge in [-0.1, -0.05) is 0 Å². The number of nitrogens with one attached hydrogen (secondary N) is 1. The molecule has 0 aliphatic carbocycles. The molecule has 0 bridgehead atoms. The standard InChI is InChI=1S/C12H15N3O2/c1-9(6-11-4-3-5-17-11)14-12(16)10-7-13-15(2)8-10/h3-5,7-9H,6H2,1-2H3,(H,14,16). The molecule has 2 aromatic rings. The molecule has 1 amide bonds. The fraction of sp³-hybridized carbons (Fsp3) is 0.333. The first-order valence-corrected chi connectivity index (χ1v) is 5.47. The van der Waals surface area contributed by atoms with Crippen molar-refractivity contribution in [2.45, 2.75) is 19.4 Å². The van der Waals surface area contributed by atoms with Crippen LogP contribution in [0.25, 0.3) is 0 Å². The second kappa shape index (κ2) is 4.86. The number of hydrogen-bond donors (Lipinski definition) is 1. The van der Waals surface area contributed by atoms with Crippen molar-refractivity contribution in [2.24, 2.45) is 7.05 Å². The predicted molar refractivity (Wildman–Crippen MR) is 62.5 cm³/mol. The Morgan fingerprint density at radius 1 is 1.65 bits per heavy atom. The fourth-order valence-corrected chi connectivity index (χ4v) is 1.63. The molecule has 17 heavy (non-hydrogen) atoms. The van der Waals surface area contributed by atoms with Gasteiger partial charge in [-0.3, -0.25) is 9.48 Å². The molecule has 0 fully saturated rings. The number of carbonyl (C=O) groups excluding carboxylic acids is 1. The van der Waals surface area contributed by atoms with E-state index >= 15 is 0 Å². The summed E-state index contributed by atoms with van der Waals surface area (Å²) in [5, 5.41) is 6.85. The van der Waals surface area contributed by atoms with Gasteiger partial charge in [-0.15, -0.1) is 0 Å². The molecular formula is C12H15N3O2. The Labute approximate surface area is 99.4 Å². The molecule has 0 aromatic carbocycles. The van der Waals surface area contributed by atoms with Gasteiger partial charge in [-0.25, -0.2) is 0 Å². The molecule has 5 heteroatoms. The Hall–Kier alpha value is -2.04. The van der Waals surface area contributed by atoms with E-state index in [1.165, 1.54) is 0 Å². The highest BCUT2D eigenvalue weighted by Gasteiger charge is 2.12. The summed E-state index contributed by atoms with van der Waals surface area (Å²) in [5.41, 5.74) is 0.568. The van der Waals surface area contributed by atoms with E-state index in [0.717, 1.165) is 5.76 Å². The zero-order chi connectivity index (χ0) is 12.3. The topological polar surface area (TPSA) is 60.1 Å². The highest BCUT2D eigenvalue weighted by Crippen LogP contribution is 2.05. The first-order valence-electron chi connectivity index (χ1n) is 5.47. The van der Waals surface area contributed by atoms with E-state index in [0.29, 0.717) is 12.0 Å². The highest BCUT2D eigenvalue weighted by molar-refractivity contribution is 5.93. The maximum Gasteiger partial charge on any atom is 0.254 e. The van der Waals surface area contributed by atoms with Crippen LogP contribution in [0.3, 0.4) is 0 Å². The molecule has 1 unspecified atom stereocenters. The Morgan fingerprint density at radius 2 is 2.47 bits per heavy atom. The van der Waals surface area contributed by atoms with Crippen LogP contribution in [0, 0.1) is 0 Å². The van der Waals surface area contributed by atoms with Crippen molar-refractivity contribution in [1.82, 2.24) is 15.1 Å². The van der Waals surface area contributed by atoms with E-state index < -0.39 is 0 Å². The fourth-order valence-electron chi connectivity index (χ4n) is 1.63. The zero-order valence-corrected chi connectivity index (χ0v) is 9.88. The van der Waals surface area contributed by atoms with Crippen LogP contribution < -0.4 is 5.32 Å². The lowest BCUT2D eigenvalue weighted by Crippen LogP contribution is -2.33. The van der Waals surface area contributed by atoms with Crippen molar-refractivity contribution < 1.29 is 9.21 Å². The van der Waals surface area contributed by atoms with Gasteiger partial charge in [0, 0.05) is 25.7 Å². The van der Waals surface area contributed by atoms with Crippen LogP contribution in [-0.2, 0) is 13.5 Å². The van der Waals surface area contributed by atoms with Crippen LogP contribution in [0.15, 0.2) is 35.2 Å². The third-order valence-electron chi connectivity index (χ3n) is 2.43. The Morgan fingerprint density at radius 3 is 3.06 bits per heavy atom. The third-order valence-corrected chi connectivity index (χ3v) is 2.43. The smallest absolute Gasteiger partial charge is 0.254 e. The van der Waals surface area contributed by atoms with Gasteiger partial charge >= 0.3 is 0 Å². The van der Waals surface area contributed by atoms with Gasteiger partial charge < -0.3 is 9.73 Å². The zero-order valence-electron chi connectivity index (χ0n) is 9.88. The van der Waals surface area contributed by atoms with Gasteiger partial charge in [0.1, 0.15) is 5.76 Å². The van der Waals surface area contributed by atoms with E-state index in [4.69, 9.17) is 4.42 Å². The molecule has 0 aliphatic heterocycles. The maximum atomic E-state index is 11.8. The summed E-state index contributed by atoms with van der Waals surface area (Å²) in [4.78, 5) is 11.8. The number of aromatic nitrogens is 2. The molecule has 5 nitrogen and oxygen atoms in total. The first kappa shape index (κ1) is 11.4. The quantitative estimate of drug-likeness (QED) is 0.867. The van der Waals surface area contributed by atoms with Crippen LogP contribution in [0.4, 0.5) is 0 Å². The van der Waals surface area contributed by atoms with E-state index in [-0.39, 0.29) is 11.9 Å². The molecular weight excluding hydrogens is 218 g/mol. The lowest BCUT2D eigenvalue weighted by Gasteiger charge is -2.11. The molecule has 0 aliphatic rings. The Balaban J connectivity index is 1.90. The number of rotatable bonds is 4. The summed E-state index contributed by atoms with van der Waals surface area (Å²) < 4.78 is 6.83. The van der Waals surface area contributed by atoms with Crippen molar-refractivity contribution in [2.75, 3.05) is 0 Å². The van der Waals surface area contributed by atoms with Crippen LogP contribution in [0.2, 0.25) is 0 Å². The average Bonchev–Trinajstić information content (AvgIpc) is 2.89. The maximum absolute atomic E-state index is 11.8. The lowest BCUT2D eigenvalue weighted by atomic mass is 10.2. The molecule has 2 aromatic heterocycles. The van der Waals surface area contributed by atoms with Crippen molar-refractivity contribution >= 4 is 5.91 Å². The molecule has 2 rings (SSSR count). The SMILES string of the molecule is CC(Cc1ccco1)NC(=O)c1cnn(C)c1. The van der Waals surface area contributed by atoms with E-state index in [9.17, 15) is 4.79 Å². The van der Waals surface area contributed by atoms with E-state index in [2.05, 4.69) is 10.4 Å². The van der Waals surface area contributed by atoms with Crippen LogP contribution >= 0.6 is 0 Å². The number of carbonyl (C=O) groups is 1. The molecule has 0 saturated carbocycles. The van der Waals surface area contributed by atoms with Crippen molar-refractivity contribution in [3.8, 4) is 0 Å². The van der Waals surface area contributed by atoms with Crippen molar-refractivity contribution in [1.29, 1.82) is 0 Å². The van der Waals surface area contributed by atoms with Gasteiger partial charge in [0.05, 0.1) is 18.0 Å². The highest BCUT2D eigenvalue weighted by atomic mass is 16.3. The van der Waals surface area contributed by atoms with Crippen LogP contribution in [0.1, 0.15) is 23.0 Å². The minimum atomic E-state index is -0.114.